The van der Waals surface area contributed by atoms with Crippen LogP contribution in [0.2, 0.25) is 0 Å². The molecule has 0 unspecified atom stereocenters. The molecule has 0 fully saturated rings. The Kier molecular flexibility index (Phi) is 10.9. The molecule has 2 amide bonds. The van der Waals surface area contributed by atoms with Crippen molar-refractivity contribution in [3.63, 3.8) is 0 Å². The average molecular weight is 471 g/mol. The van der Waals surface area contributed by atoms with Crippen molar-refractivity contribution in [2.24, 2.45) is 10.2 Å². The molecule has 0 heterocycles. The number of nitrogens with zero attached hydrogens (tertiary/aromatic N) is 2. The minimum atomic E-state index is -0.230. The largest absolute Gasteiger partial charge is 0.504 e. The highest BCUT2D eigenvalue weighted by Crippen LogP contribution is 2.28. The number of ether oxygens (including phenoxy) is 2. The predicted octanol–water partition coefficient (Wildman–Crippen LogP) is 3.06. The Balaban J connectivity index is 1.58. The maximum absolute atomic E-state index is 11.9. The summed E-state index contributed by atoms with van der Waals surface area (Å²) < 4.78 is 10.0. The van der Waals surface area contributed by atoms with Gasteiger partial charge in [-0.3, -0.25) is 9.59 Å². The zero-order chi connectivity index (χ0) is 24.8. The first-order valence-electron chi connectivity index (χ1n) is 10.8. The van der Waals surface area contributed by atoms with E-state index in [2.05, 4.69) is 21.1 Å². The summed E-state index contributed by atoms with van der Waals surface area (Å²) >= 11 is 0. The standard InChI is InChI=1S/C24H30N4O6/c1-33-19-11-7-9-17(23(19)31)15-25-27-21(29)13-5-3-4-6-14-22(30)28-26-16-18-10-8-12-20(34-2)24(18)32/h7-12,15-16,31-32H,3-6,13-14H2,1-2H3,(H,27,29)(H,28,30). The molecule has 2 rings (SSSR count). The number of carbonyl (C=O) groups excluding carboxylic acids is 2. The number of phenols is 2. The number of phenolic OH excluding ortho intramolecular Hbond substituents is 2. The summed E-state index contributed by atoms with van der Waals surface area (Å²) in [6, 6.07) is 9.96. The zero-order valence-corrected chi connectivity index (χ0v) is 19.3. The van der Waals surface area contributed by atoms with Gasteiger partial charge < -0.3 is 19.7 Å². The summed E-state index contributed by atoms with van der Waals surface area (Å²) in [7, 11) is 2.91. The lowest BCUT2D eigenvalue weighted by Crippen LogP contribution is -2.17. The molecule has 10 heteroatoms. The Morgan fingerprint density at radius 2 is 1.18 bits per heavy atom. The molecule has 10 nitrogen and oxygen atoms in total. The SMILES string of the molecule is COc1cccc(C=NNC(=O)CCCCCCC(=O)NN=Cc2cccc(OC)c2O)c1O. The average Bonchev–Trinajstić information content (AvgIpc) is 2.83. The second-order valence-corrected chi connectivity index (χ2v) is 7.30. The van der Waals surface area contributed by atoms with Crippen molar-refractivity contribution in [3.8, 4) is 23.0 Å². The Morgan fingerprint density at radius 3 is 1.56 bits per heavy atom. The van der Waals surface area contributed by atoms with Crippen LogP contribution in [-0.4, -0.2) is 48.7 Å². The number of rotatable bonds is 13. The van der Waals surface area contributed by atoms with Crippen LogP contribution in [0.5, 0.6) is 23.0 Å². The third kappa shape index (κ3) is 8.45. The Morgan fingerprint density at radius 1 is 0.765 bits per heavy atom. The van der Waals surface area contributed by atoms with Gasteiger partial charge in [0.25, 0.3) is 0 Å². The smallest absolute Gasteiger partial charge is 0.240 e. The van der Waals surface area contributed by atoms with Crippen LogP contribution in [0.25, 0.3) is 0 Å². The van der Waals surface area contributed by atoms with Gasteiger partial charge in [-0.15, -0.1) is 0 Å². The van der Waals surface area contributed by atoms with Crippen LogP contribution >= 0.6 is 0 Å². The topological polar surface area (TPSA) is 142 Å². The van der Waals surface area contributed by atoms with Crippen LogP contribution in [0, 0.1) is 0 Å². The van der Waals surface area contributed by atoms with Gasteiger partial charge in [-0.1, -0.05) is 25.0 Å². The van der Waals surface area contributed by atoms with Crippen LogP contribution in [0.3, 0.4) is 0 Å². The van der Waals surface area contributed by atoms with E-state index < -0.39 is 0 Å². The summed E-state index contributed by atoms with van der Waals surface area (Å²) in [5.41, 5.74) is 5.72. The summed E-state index contributed by atoms with van der Waals surface area (Å²) in [5.74, 6) is 0.101. The molecule has 34 heavy (non-hydrogen) atoms. The normalized spacial score (nSPS) is 11.0. The maximum atomic E-state index is 11.9. The minimum absolute atomic E-state index is 0.0452. The summed E-state index contributed by atoms with van der Waals surface area (Å²) in [4.78, 5) is 23.7. The van der Waals surface area contributed by atoms with Crippen molar-refractivity contribution in [1.29, 1.82) is 0 Å². The van der Waals surface area contributed by atoms with Gasteiger partial charge in [0.15, 0.2) is 23.0 Å². The fraction of sp³-hybridized carbons (Fsp3) is 0.333. The molecular weight excluding hydrogens is 440 g/mol. The van der Waals surface area contributed by atoms with E-state index in [1.807, 2.05) is 0 Å². The number of nitrogens with one attached hydrogen (secondary N) is 2. The highest BCUT2D eigenvalue weighted by molar-refractivity contribution is 5.87. The van der Waals surface area contributed by atoms with Crippen molar-refractivity contribution in [2.75, 3.05) is 14.2 Å². The minimum Gasteiger partial charge on any atom is -0.504 e. The Bertz CT molecular complexity index is 941. The second kappa shape index (κ2) is 14.1. The third-order valence-electron chi connectivity index (χ3n) is 4.84. The van der Waals surface area contributed by atoms with Crippen LogP contribution in [0.1, 0.15) is 49.7 Å². The number of methoxy groups -OCH3 is 2. The molecule has 0 bridgehead atoms. The number of unbranched alkanes of at least 4 members (excludes halogenated alkanes) is 3. The van der Waals surface area contributed by atoms with Gasteiger partial charge in [-0.2, -0.15) is 10.2 Å². The number of aromatic hydroxyl groups is 2. The molecule has 4 N–H and O–H groups in total. The van der Waals surface area contributed by atoms with Crippen molar-refractivity contribution < 1.29 is 29.3 Å². The molecule has 182 valence electrons. The predicted molar refractivity (Wildman–Crippen MR) is 128 cm³/mol. The third-order valence-corrected chi connectivity index (χ3v) is 4.84. The number of benzene rings is 2. The van der Waals surface area contributed by atoms with E-state index in [0.717, 1.165) is 12.8 Å². The van der Waals surface area contributed by atoms with Crippen molar-refractivity contribution in [2.45, 2.75) is 38.5 Å². The summed E-state index contributed by atoms with van der Waals surface area (Å²) in [6.07, 6.45) is 6.24. The van der Waals surface area contributed by atoms with E-state index in [1.165, 1.54) is 26.6 Å². The monoisotopic (exact) mass is 470 g/mol. The second-order valence-electron chi connectivity index (χ2n) is 7.30. The molecule has 0 saturated carbocycles. The van der Waals surface area contributed by atoms with E-state index in [1.54, 1.807) is 36.4 Å². The molecule has 2 aromatic carbocycles. The van der Waals surface area contributed by atoms with Gasteiger partial charge in [0.2, 0.25) is 11.8 Å². The lowest BCUT2D eigenvalue weighted by atomic mass is 10.1. The highest BCUT2D eigenvalue weighted by atomic mass is 16.5. The number of amides is 2. The first kappa shape index (κ1) is 26.2. The molecular formula is C24H30N4O6. The number of hydrogen-bond acceptors (Lipinski definition) is 8. The van der Waals surface area contributed by atoms with Gasteiger partial charge in [-0.05, 0) is 37.1 Å². The lowest BCUT2D eigenvalue weighted by Gasteiger charge is -2.05. The lowest BCUT2D eigenvalue weighted by molar-refractivity contribution is -0.122. The fourth-order valence-electron chi connectivity index (χ4n) is 3.00. The van der Waals surface area contributed by atoms with E-state index in [-0.39, 0.29) is 23.3 Å². The molecule has 2 aromatic rings. The molecule has 0 aliphatic carbocycles. The maximum Gasteiger partial charge on any atom is 0.240 e. The number of carbonyl (C=O) groups is 2. The Hall–Kier alpha value is -4.08. The first-order valence-corrected chi connectivity index (χ1v) is 10.8. The highest BCUT2D eigenvalue weighted by Gasteiger charge is 2.07. The van der Waals surface area contributed by atoms with Crippen molar-refractivity contribution >= 4 is 24.2 Å². The summed E-state index contributed by atoms with van der Waals surface area (Å²) in [6.45, 7) is 0. The van der Waals surface area contributed by atoms with Gasteiger partial charge in [0.1, 0.15) is 0 Å². The van der Waals surface area contributed by atoms with E-state index in [0.29, 0.717) is 48.3 Å². The molecule has 0 saturated heterocycles. The van der Waals surface area contributed by atoms with Gasteiger partial charge in [0, 0.05) is 24.0 Å². The number of hydrogen-bond donors (Lipinski definition) is 4. The van der Waals surface area contributed by atoms with Crippen molar-refractivity contribution in [1.82, 2.24) is 10.9 Å². The van der Waals surface area contributed by atoms with Gasteiger partial charge in [-0.25, -0.2) is 10.9 Å². The molecule has 0 atom stereocenters. The van der Waals surface area contributed by atoms with Crippen LogP contribution in [-0.2, 0) is 9.59 Å². The van der Waals surface area contributed by atoms with E-state index in [9.17, 15) is 19.8 Å². The quantitative estimate of drug-likeness (QED) is 0.201. The first-order chi connectivity index (χ1) is 16.5. The van der Waals surface area contributed by atoms with Crippen LogP contribution < -0.4 is 20.3 Å². The fourth-order valence-corrected chi connectivity index (χ4v) is 3.00. The number of hydrazone groups is 2. The van der Waals surface area contributed by atoms with Gasteiger partial charge in [0.05, 0.1) is 26.6 Å². The number of para-hydroxylation sites is 2. The van der Waals surface area contributed by atoms with Crippen molar-refractivity contribution in [3.05, 3.63) is 47.5 Å². The van der Waals surface area contributed by atoms with E-state index in [4.69, 9.17) is 9.47 Å². The van der Waals surface area contributed by atoms with Crippen LogP contribution in [0.15, 0.2) is 46.6 Å². The van der Waals surface area contributed by atoms with Crippen LogP contribution in [0.4, 0.5) is 0 Å². The molecule has 0 aliphatic heterocycles. The summed E-state index contributed by atoms with van der Waals surface area (Å²) in [5, 5.41) is 27.6. The molecule has 0 aromatic heterocycles. The zero-order valence-electron chi connectivity index (χ0n) is 19.3. The molecule has 0 spiro atoms. The van der Waals surface area contributed by atoms with E-state index >= 15 is 0 Å². The molecule has 0 aliphatic rings. The van der Waals surface area contributed by atoms with Gasteiger partial charge >= 0.3 is 0 Å². The molecule has 0 radical (unpaired) electrons. The Labute approximate surface area is 198 Å².